The largest absolute Gasteiger partial charge is 0.490 e. The van der Waals surface area contributed by atoms with Gasteiger partial charge in [0.2, 0.25) is 0 Å². The van der Waals surface area contributed by atoms with E-state index in [9.17, 15) is 14.4 Å². The van der Waals surface area contributed by atoms with Gasteiger partial charge in [0.25, 0.3) is 11.8 Å². The Kier molecular flexibility index (Phi) is 7.97. The quantitative estimate of drug-likeness (QED) is 0.206. The van der Waals surface area contributed by atoms with Gasteiger partial charge in [-0.05, 0) is 108 Å². The highest BCUT2D eigenvalue weighted by molar-refractivity contribution is 14.1. The molecule has 1 aliphatic heterocycles. The van der Waals surface area contributed by atoms with Crippen molar-refractivity contribution in [2.75, 3.05) is 11.5 Å². The molecular weight excluding hydrogens is 583 g/mol. The summed E-state index contributed by atoms with van der Waals surface area (Å²) in [5.74, 6) is -0.358. The number of urea groups is 1. The van der Waals surface area contributed by atoms with Gasteiger partial charge in [-0.1, -0.05) is 30.3 Å². The van der Waals surface area contributed by atoms with Crippen molar-refractivity contribution in [3.63, 3.8) is 0 Å². The molecular formula is C29H27IN2O5. The minimum Gasteiger partial charge on any atom is -0.490 e. The SMILES string of the molecule is CCOc1cc(/C=C2\C(=O)NC(=O)N(c3cccc(C)c3)C2=O)cc(I)c1OCc1ccc(C)c(C)c1. The fraction of sp³-hybridized carbons (Fsp3) is 0.207. The van der Waals surface area contributed by atoms with Gasteiger partial charge in [-0.15, -0.1) is 0 Å². The Morgan fingerprint density at radius 2 is 1.73 bits per heavy atom. The summed E-state index contributed by atoms with van der Waals surface area (Å²) < 4.78 is 12.7. The third kappa shape index (κ3) is 5.85. The Balaban J connectivity index is 1.66. The van der Waals surface area contributed by atoms with Gasteiger partial charge in [0.05, 0.1) is 15.9 Å². The number of nitrogens with one attached hydrogen (secondary N) is 1. The van der Waals surface area contributed by atoms with Crippen molar-refractivity contribution in [2.45, 2.75) is 34.3 Å². The summed E-state index contributed by atoms with van der Waals surface area (Å²) in [6.07, 6.45) is 1.46. The van der Waals surface area contributed by atoms with Crippen molar-refractivity contribution in [1.82, 2.24) is 5.32 Å². The van der Waals surface area contributed by atoms with Crippen LogP contribution < -0.4 is 19.7 Å². The lowest BCUT2D eigenvalue weighted by Crippen LogP contribution is -2.54. The molecule has 0 aliphatic carbocycles. The van der Waals surface area contributed by atoms with Crippen LogP contribution in [0, 0.1) is 24.3 Å². The molecule has 1 heterocycles. The molecule has 4 amide bonds. The zero-order chi connectivity index (χ0) is 26.7. The number of aryl methyl sites for hydroxylation is 3. The van der Waals surface area contributed by atoms with Crippen LogP contribution in [0.2, 0.25) is 0 Å². The molecule has 7 nitrogen and oxygen atoms in total. The van der Waals surface area contributed by atoms with E-state index >= 15 is 0 Å². The van der Waals surface area contributed by atoms with Crippen LogP contribution in [-0.4, -0.2) is 24.5 Å². The predicted molar refractivity (Wildman–Crippen MR) is 151 cm³/mol. The summed E-state index contributed by atoms with van der Waals surface area (Å²) in [5.41, 5.74) is 5.14. The Labute approximate surface area is 229 Å². The number of carbonyl (C=O) groups is 3. The van der Waals surface area contributed by atoms with Crippen LogP contribution >= 0.6 is 22.6 Å². The third-order valence-electron chi connectivity index (χ3n) is 5.96. The van der Waals surface area contributed by atoms with Gasteiger partial charge in [0.15, 0.2) is 11.5 Å². The lowest BCUT2D eigenvalue weighted by atomic mass is 10.1. The van der Waals surface area contributed by atoms with Gasteiger partial charge < -0.3 is 9.47 Å². The Morgan fingerprint density at radius 3 is 2.43 bits per heavy atom. The second-order valence-corrected chi connectivity index (χ2v) is 9.93. The van der Waals surface area contributed by atoms with Crippen LogP contribution in [0.25, 0.3) is 6.08 Å². The average Bonchev–Trinajstić information content (AvgIpc) is 2.83. The number of rotatable bonds is 7. The van der Waals surface area contributed by atoms with Gasteiger partial charge in [-0.2, -0.15) is 0 Å². The lowest BCUT2D eigenvalue weighted by molar-refractivity contribution is -0.122. The number of hydrogen-bond donors (Lipinski definition) is 1. The average molecular weight is 610 g/mol. The van der Waals surface area contributed by atoms with Crippen molar-refractivity contribution in [2.24, 2.45) is 0 Å². The molecule has 8 heteroatoms. The Bertz CT molecular complexity index is 1430. The number of imide groups is 2. The molecule has 0 saturated carbocycles. The molecule has 1 fully saturated rings. The number of hydrogen-bond acceptors (Lipinski definition) is 5. The van der Waals surface area contributed by atoms with Gasteiger partial charge in [0.1, 0.15) is 12.2 Å². The topological polar surface area (TPSA) is 84.9 Å². The van der Waals surface area contributed by atoms with Crippen molar-refractivity contribution in [1.29, 1.82) is 0 Å². The van der Waals surface area contributed by atoms with Crippen LogP contribution in [-0.2, 0) is 16.2 Å². The van der Waals surface area contributed by atoms with E-state index in [0.717, 1.165) is 19.6 Å². The minimum absolute atomic E-state index is 0.150. The minimum atomic E-state index is -0.780. The smallest absolute Gasteiger partial charge is 0.335 e. The molecule has 0 aromatic heterocycles. The van der Waals surface area contributed by atoms with Crippen LogP contribution in [0.1, 0.15) is 34.7 Å². The first-order valence-corrected chi connectivity index (χ1v) is 12.9. The number of halogens is 1. The molecule has 3 aromatic rings. The summed E-state index contributed by atoms with van der Waals surface area (Å²) in [4.78, 5) is 39.4. The second kappa shape index (κ2) is 11.2. The van der Waals surface area contributed by atoms with Crippen molar-refractivity contribution in [3.8, 4) is 11.5 Å². The first-order chi connectivity index (χ1) is 17.7. The lowest BCUT2D eigenvalue weighted by Gasteiger charge is -2.26. The molecule has 37 heavy (non-hydrogen) atoms. The molecule has 1 saturated heterocycles. The highest BCUT2D eigenvalue weighted by Gasteiger charge is 2.37. The summed E-state index contributed by atoms with van der Waals surface area (Å²) in [6, 6.07) is 15.9. The van der Waals surface area contributed by atoms with Gasteiger partial charge in [0, 0.05) is 0 Å². The molecule has 0 unspecified atom stereocenters. The van der Waals surface area contributed by atoms with E-state index in [1.807, 2.05) is 26.0 Å². The molecule has 0 bridgehead atoms. The van der Waals surface area contributed by atoms with Crippen LogP contribution in [0.5, 0.6) is 11.5 Å². The number of benzene rings is 3. The fourth-order valence-corrected chi connectivity index (χ4v) is 4.73. The summed E-state index contributed by atoms with van der Waals surface area (Å²) in [7, 11) is 0. The van der Waals surface area contributed by atoms with Gasteiger partial charge >= 0.3 is 6.03 Å². The fourth-order valence-electron chi connectivity index (χ4n) is 3.95. The van der Waals surface area contributed by atoms with E-state index in [1.165, 1.54) is 17.2 Å². The molecule has 1 aliphatic rings. The van der Waals surface area contributed by atoms with Crippen molar-refractivity contribution < 1.29 is 23.9 Å². The molecule has 0 spiro atoms. The van der Waals surface area contributed by atoms with Crippen molar-refractivity contribution in [3.05, 3.63) is 91.6 Å². The number of anilines is 1. The second-order valence-electron chi connectivity index (χ2n) is 8.77. The highest BCUT2D eigenvalue weighted by Crippen LogP contribution is 2.36. The number of carbonyl (C=O) groups excluding carboxylic acids is 3. The number of amides is 4. The highest BCUT2D eigenvalue weighted by atomic mass is 127. The maximum absolute atomic E-state index is 13.3. The van der Waals surface area contributed by atoms with Crippen LogP contribution in [0.15, 0.2) is 60.2 Å². The zero-order valence-electron chi connectivity index (χ0n) is 21.1. The van der Waals surface area contributed by atoms with Gasteiger partial charge in [-0.25, -0.2) is 9.69 Å². The maximum Gasteiger partial charge on any atom is 0.335 e. The number of barbiturate groups is 1. The first kappa shape index (κ1) is 26.4. The van der Waals surface area contributed by atoms with Gasteiger partial charge in [-0.3, -0.25) is 14.9 Å². The first-order valence-electron chi connectivity index (χ1n) is 11.8. The van der Waals surface area contributed by atoms with E-state index < -0.39 is 17.8 Å². The Hall–Kier alpha value is -3.66. The van der Waals surface area contributed by atoms with E-state index in [0.29, 0.717) is 36.0 Å². The van der Waals surface area contributed by atoms with E-state index in [4.69, 9.17) is 9.47 Å². The predicted octanol–water partition coefficient (Wildman–Crippen LogP) is 5.86. The molecule has 1 N–H and O–H groups in total. The normalized spacial score (nSPS) is 14.7. The summed E-state index contributed by atoms with van der Waals surface area (Å²) in [5, 5.41) is 2.26. The Morgan fingerprint density at radius 1 is 0.946 bits per heavy atom. The summed E-state index contributed by atoms with van der Waals surface area (Å²) >= 11 is 2.15. The number of ether oxygens (including phenoxy) is 2. The molecule has 190 valence electrons. The van der Waals surface area contributed by atoms with E-state index in [1.54, 1.807) is 30.3 Å². The van der Waals surface area contributed by atoms with E-state index in [2.05, 4.69) is 53.9 Å². The summed E-state index contributed by atoms with van der Waals surface area (Å²) in [6.45, 7) is 8.63. The number of nitrogens with zero attached hydrogens (tertiary/aromatic N) is 1. The molecule has 3 aromatic carbocycles. The monoisotopic (exact) mass is 610 g/mol. The molecule has 0 radical (unpaired) electrons. The van der Waals surface area contributed by atoms with Crippen molar-refractivity contribution >= 4 is 52.2 Å². The van der Waals surface area contributed by atoms with E-state index in [-0.39, 0.29) is 5.57 Å². The zero-order valence-corrected chi connectivity index (χ0v) is 23.2. The molecule has 4 rings (SSSR count). The standard InChI is InChI=1S/C29H27IN2O5/c1-5-36-25-15-21(14-24(30)26(25)37-16-20-10-9-18(3)19(4)12-20)13-23-27(33)31-29(35)32(28(23)34)22-8-6-7-17(2)11-22/h6-15H,5,16H2,1-4H3,(H,31,33,35)/b23-13+. The third-order valence-corrected chi connectivity index (χ3v) is 6.76. The van der Waals surface area contributed by atoms with Crippen LogP contribution in [0.4, 0.5) is 10.5 Å². The molecule has 0 atom stereocenters. The maximum atomic E-state index is 13.3. The van der Waals surface area contributed by atoms with Crippen LogP contribution in [0.3, 0.4) is 0 Å².